The first-order valence-electron chi connectivity index (χ1n) is 4.53. The largest absolute Gasteiger partial charge is 0.327 e. The van der Waals surface area contributed by atoms with Crippen LogP contribution in [0.5, 0.6) is 0 Å². The first-order valence-corrected chi connectivity index (χ1v) is 5.47. The molecular formula is C9H8N4OS. The van der Waals surface area contributed by atoms with Gasteiger partial charge in [-0.2, -0.15) is 5.10 Å². The van der Waals surface area contributed by atoms with Crippen molar-refractivity contribution in [2.45, 2.75) is 13.1 Å². The number of amides is 1. The Morgan fingerprint density at radius 3 is 3.20 bits per heavy atom. The van der Waals surface area contributed by atoms with Crippen LogP contribution in [0.2, 0.25) is 0 Å². The van der Waals surface area contributed by atoms with E-state index < -0.39 is 0 Å². The highest BCUT2D eigenvalue weighted by Gasteiger charge is 2.26. The number of rotatable bonds is 1. The number of carbonyl (C=O) groups excluding carboxylic acids is 1. The molecule has 0 spiro atoms. The lowest BCUT2D eigenvalue weighted by Gasteiger charge is -2.13. The molecule has 1 aliphatic heterocycles. The summed E-state index contributed by atoms with van der Waals surface area (Å²) in [5.41, 5.74) is 4.32. The summed E-state index contributed by atoms with van der Waals surface area (Å²) in [7, 11) is 0. The Balaban J connectivity index is 1.82. The molecule has 2 aromatic rings. The fourth-order valence-electron chi connectivity index (χ4n) is 1.69. The van der Waals surface area contributed by atoms with Gasteiger partial charge in [-0.15, -0.1) is 11.3 Å². The smallest absolute Gasteiger partial charge is 0.273 e. The molecule has 0 aromatic carbocycles. The van der Waals surface area contributed by atoms with Crippen LogP contribution in [0.25, 0.3) is 0 Å². The molecule has 3 heterocycles. The first kappa shape index (κ1) is 8.60. The molecule has 2 aromatic heterocycles. The van der Waals surface area contributed by atoms with Crippen molar-refractivity contribution in [3.05, 3.63) is 34.0 Å². The molecule has 6 heteroatoms. The third kappa shape index (κ3) is 1.33. The highest BCUT2D eigenvalue weighted by atomic mass is 32.1. The molecule has 15 heavy (non-hydrogen) atoms. The molecule has 76 valence electrons. The van der Waals surface area contributed by atoms with Crippen molar-refractivity contribution in [2.75, 3.05) is 0 Å². The summed E-state index contributed by atoms with van der Waals surface area (Å²) in [6, 6.07) is 0. The van der Waals surface area contributed by atoms with Crippen molar-refractivity contribution in [3.63, 3.8) is 0 Å². The van der Waals surface area contributed by atoms with Gasteiger partial charge < -0.3 is 4.90 Å². The minimum absolute atomic E-state index is 0.0131. The van der Waals surface area contributed by atoms with Gasteiger partial charge in [-0.25, -0.2) is 4.98 Å². The quantitative estimate of drug-likeness (QED) is 0.780. The van der Waals surface area contributed by atoms with Gasteiger partial charge in [0, 0.05) is 17.5 Å². The Morgan fingerprint density at radius 2 is 2.47 bits per heavy atom. The zero-order valence-corrected chi connectivity index (χ0v) is 8.62. The van der Waals surface area contributed by atoms with E-state index in [9.17, 15) is 4.79 Å². The van der Waals surface area contributed by atoms with E-state index in [0.29, 0.717) is 18.8 Å². The first-order chi connectivity index (χ1) is 7.34. The monoisotopic (exact) mass is 220 g/mol. The summed E-state index contributed by atoms with van der Waals surface area (Å²) in [6.07, 6.45) is 1.77. The van der Waals surface area contributed by atoms with Gasteiger partial charge in [-0.1, -0.05) is 0 Å². The summed E-state index contributed by atoms with van der Waals surface area (Å²) >= 11 is 1.43. The van der Waals surface area contributed by atoms with Crippen LogP contribution in [-0.4, -0.2) is 26.0 Å². The molecule has 3 rings (SSSR count). The fourth-order valence-corrected chi connectivity index (χ4v) is 2.21. The van der Waals surface area contributed by atoms with Gasteiger partial charge in [0.15, 0.2) is 0 Å². The second-order valence-electron chi connectivity index (χ2n) is 3.41. The third-order valence-electron chi connectivity index (χ3n) is 2.46. The molecule has 0 aliphatic carbocycles. The highest BCUT2D eigenvalue weighted by molar-refractivity contribution is 7.07. The van der Waals surface area contributed by atoms with E-state index in [1.54, 1.807) is 22.0 Å². The summed E-state index contributed by atoms with van der Waals surface area (Å²) in [5, 5.41) is 8.58. The molecule has 0 fully saturated rings. The van der Waals surface area contributed by atoms with Crippen LogP contribution >= 0.6 is 11.3 Å². The van der Waals surface area contributed by atoms with Crippen LogP contribution in [0, 0.1) is 0 Å². The Labute approximate surface area is 89.8 Å². The van der Waals surface area contributed by atoms with Crippen LogP contribution in [0.4, 0.5) is 0 Å². The van der Waals surface area contributed by atoms with Gasteiger partial charge in [0.25, 0.3) is 5.91 Å². The predicted molar refractivity (Wildman–Crippen MR) is 54.3 cm³/mol. The lowest BCUT2D eigenvalue weighted by molar-refractivity contribution is 0.0744. The van der Waals surface area contributed by atoms with Crippen molar-refractivity contribution in [1.29, 1.82) is 0 Å². The van der Waals surface area contributed by atoms with Crippen LogP contribution < -0.4 is 0 Å². The van der Waals surface area contributed by atoms with Gasteiger partial charge in [0.05, 0.1) is 23.9 Å². The van der Waals surface area contributed by atoms with Crippen molar-refractivity contribution >= 4 is 17.2 Å². The SMILES string of the molecule is O=C(c1cscn1)N1Cc2cn[nH]c2C1. The lowest BCUT2D eigenvalue weighted by Crippen LogP contribution is -2.25. The maximum atomic E-state index is 11.9. The molecule has 0 atom stereocenters. The van der Waals surface area contributed by atoms with Gasteiger partial charge in [0.2, 0.25) is 0 Å². The van der Waals surface area contributed by atoms with E-state index in [2.05, 4.69) is 15.2 Å². The number of hydrogen-bond acceptors (Lipinski definition) is 4. The Morgan fingerprint density at radius 1 is 1.53 bits per heavy atom. The van der Waals surface area contributed by atoms with E-state index in [1.165, 1.54) is 11.3 Å². The average molecular weight is 220 g/mol. The molecule has 0 radical (unpaired) electrons. The number of thiazole rings is 1. The van der Waals surface area contributed by atoms with Gasteiger partial charge in [-0.05, 0) is 0 Å². The number of hydrogen-bond donors (Lipinski definition) is 1. The van der Waals surface area contributed by atoms with E-state index in [4.69, 9.17) is 0 Å². The number of H-pyrrole nitrogens is 1. The fraction of sp³-hybridized carbons (Fsp3) is 0.222. The molecule has 0 unspecified atom stereocenters. The molecule has 0 saturated carbocycles. The summed E-state index contributed by atoms with van der Waals surface area (Å²) in [5.74, 6) is -0.0131. The van der Waals surface area contributed by atoms with Gasteiger partial charge in [0.1, 0.15) is 5.69 Å². The number of nitrogens with zero attached hydrogens (tertiary/aromatic N) is 3. The van der Waals surface area contributed by atoms with Crippen LogP contribution in [0.3, 0.4) is 0 Å². The molecule has 1 aliphatic rings. The number of nitrogens with one attached hydrogen (secondary N) is 1. The van der Waals surface area contributed by atoms with Crippen LogP contribution in [-0.2, 0) is 13.1 Å². The zero-order chi connectivity index (χ0) is 10.3. The topological polar surface area (TPSA) is 61.9 Å². The van der Waals surface area contributed by atoms with E-state index in [1.807, 2.05) is 0 Å². The number of carbonyl (C=O) groups is 1. The summed E-state index contributed by atoms with van der Waals surface area (Å²) in [6.45, 7) is 1.23. The van der Waals surface area contributed by atoms with Crippen molar-refractivity contribution in [3.8, 4) is 0 Å². The molecule has 1 N–H and O–H groups in total. The molecule has 1 amide bonds. The van der Waals surface area contributed by atoms with Gasteiger partial charge >= 0.3 is 0 Å². The zero-order valence-electron chi connectivity index (χ0n) is 7.80. The van der Waals surface area contributed by atoms with E-state index in [-0.39, 0.29) is 5.91 Å². The minimum atomic E-state index is -0.0131. The minimum Gasteiger partial charge on any atom is -0.327 e. The van der Waals surface area contributed by atoms with Crippen molar-refractivity contribution in [2.24, 2.45) is 0 Å². The number of aromatic nitrogens is 3. The van der Waals surface area contributed by atoms with Gasteiger partial charge in [-0.3, -0.25) is 9.89 Å². The Bertz CT molecular complexity index is 469. The molecule has 0 bridgehead atoms. The normalized spacial score (nSPS) is 14.3. The average Bonchev–Trinajstić information content (AvgIpc) is 2.92. The predicted octanol–water partition coefficient (Wildman–Crippen LogP) is 1.02. The van der Waals surface area contributed by atoms with E-state index >= 15 is 0 Å². The maximum Gasteiger partial charge on any atom is 0.273 e. The Kier molecular flexibility index (Phi) is 1.81. The maximum absolute atomic E-state index is 11.9. The lowest BCUT2D eigenvalue weighted by atomic mass is 10.3. The molecule has 0 saturated heterocycles. The molecular weight excluding hydrogens is 212 g/mol. The number of fused-ring (bicyclic) bond motifs is 1. The van der Waals surface area contributed by atoms with Crippen molar-refractivity contribution in [1.82, 2.24) is 20.1 Å². The summed E-state index contributed by atoms with van der Waals surface area (Å²) in [4.78, 5) is 17.7. The Hall–Kier alpha value is -1.69. The van der Waals surface area contributed by atoms with Crippen LogP contribution in [0.1, 0.15) is 21.7 Å². The number of aromatic amines is 1. The second-order valence-corrected chi connectivity index (χ2v) is 4.13. The second kappa shape index (κ2) is 3.16. The third-order valence-corrected chi connectivity index (χ3v) is 3.04. The standard InChI is InChI=1S/C9H8N4OS/c14-9(8-4-15-5-10-8)13-2-6-1-11-12-7(6)3-13/h1,4-5H,2-3H2,(H,11,12). The van der Waals surface area contributed by atoms with E-state index in [0.717, 1.165) is 11.3 Å². The van der Waals surface area contributed by atoms with Crippen molar-refractivity contribution < 1.29 is 4.79 Å². The summed E-state index contributed by atoms with van der Waals surface area (Å²) < 4.78 is 0. The highest BCUT2D eigenvalue weighted by Crippen LogP contribution is 2.21. The van der Waals surface area contributed by atoms with Crippen LogP contribution in [0.15, 0.2) is 17.1 Å². The molecule has 5 nitrogen and oxygen atoms in total.